The highest BCUT2D eigenvalue weighted by Crippen LogP contribution is 2.22. The van der Waals surface area contributed by atoms with Crippen LogP contribution in [0.3, 0.4) is 0 Å². The number of carbonyl (C=O) groups excluding carboxylic acids is 3. The Morgan fingerprint density at radius 2 is 1.77 bits per heavy atom. The van der Waals surface area contributed by atoms with Crippen LogP contribution in [0.25, 0.3) is 0 Å². The lowest BCUT2D eigenvalue weighted by Crippen LogP contribution is -2.13. The number of esters is 1. The Kier molecular flexibility index (Phi) is 5.34. The number of hydrogen-bond acceptors (Lipinski definition) is 5. The summed E-state index contributed by atoms with van der Waals surface area (Å²) in [5.41, 5.74) is 0.231. The minimum absolute atomic E-state index is 0.131. The fourth-order valence-corrected chi connectivity index (χ4v) is 2.94. The van der Waals surface area contributed by atoms with E-state index >= 15 is 0 Å². The van der Waals surface area contributed by atoms with Gasteiger partial charge >= 0.3 is 5.97 Å². The molecule has 1 aromatic heterocycles. The van der Waals surface area contributed by atoms with Gasteiger partial charge in [-0.2, -0.15) is 0 Å². The largest absolute Gasteiger partial charge is 0.453 e. The first kappa shape index (κ1) is 16.7. The number of ketones is 2. The van der Waals surface area contributed by atoms with Gasteiger partial charge in [0.25, 0.3) is 0 Å². The third kappa shape index (κ3) is 3.94. The molecule has 2 rings (SSSR count). The first-order chi connectivity index (χ1) is 10.4. The van der Waals surface area contributed by atoms with Crippen LogP contribution >= 0.6 is 34.5 Å². The molecule has 1 heterocycles. The number of Topliss-reactive ketones (excluding diaryl/α,β-unsaturated/α-hetero) is 2. The summed E-state index contributed by atoms with van der Waals surface area (Å²) in [4.78, 5) is 35.7. The second-order valence-electron chi connectivity index (χ2n) is 4.34. The third-order valence-electron chi connectivity index (χ3n) is 2.72. The fraction of sp³-hybridized carbons (Fsp3) is 0.133. The van der Waals surface area contributed by atoms with Crippen LogP contribution in [-0.2, 0) is 4.74 Å². The molecule has 0 unspecified atom stereocenters. The van der Waals surface area contributed by atoms with Crippen molar-refractivity contribution < 1.29 is 19.1 Å². The van der Waals surface area contributed by atoms with Crippen molar-refractivity contribution in [3.8, 4) is 0 Å². The van der Waals surface area contributed by atoms with E-state index in [0.29, 0.717) is 9.90 Å². The zero-order chi connectivity index (χ0) is 16.3. The zero-order valence-corrected chi connectivity index (χ0v) is 13.7. The standard InChI is InChI=1S/C15H10Cl2O4S/c1-8(18)13-4-5-14(22-13)15(20)21-7-12(19)10-3-2-9(16)6-11(10)17/h2-6H,7H2,1H3. The molecular weight excluding hydrogens is 347 g/mol. The van der Waals surface area contributed by atoms with Crippen molar-refractivity contribution in [2.75, 3.05) is 6.61 Å². The lowest BCUT2D eigenvalue weighted by Gasteiger charge is -2.05. The SMILES string of the molecule is CC(=O)c1ccc(C(=O)OCC(=O)c2ccc(Cl)cc2Cl)s1. The third-order valence-corrected chi connectivity index (χ3v) is 4.43. The lowest BCUT2D eigenvalue weighted by molar-refractivity contribution is 0.0479. The maximum Gasteiger partial charge on any atom is 0.348 e. The number of thiophene rings is 1. The summed E-state index contributed by atoms with van der Waals surface area (Å²) in [6, 6.07) is 7.47. The van der Waals surface area contributed by atoms with E-state index < -0.39 is 18.4 Å². The monoisotopic (exact) mass is 356 g/mol. The maximum atomic E-state index is 12.0. The normalized spacial score (nSPS) is 10.3. The van der Waals surface area contributed by atoms with Crippen molar-refractivity contribution in [3.05, 3.63) is 55.7 Å². The summed E-state index contributed by atoms with van der Waals surface area (Å²) in [6.45, 7) is 0.973. The molecule has 0 aliphatic carbocycles. The molecule has 0 aliphatic heterocycles. The van der Waals surface area contributed by atoms with Crippen LogP contribution < -0.4 is 0 Å². The van der Waals surface area contributed by atoms with Crippen molar-refractivity contribution >= 4 is 52.1 Å². The molecule has 0 aliphatic rings. The van der Waals surface area contributed by atoms with E-state index in [1.165, 1.54) is 31.2 Å². The number of ether oxygens (including phenoxy) is 1. The summed E-state index contributed by atoms with van der Waals surface area (Å²) in [6.07, 6.45) is 0. The average molecular weight is 357 g/mol. The van der Waals surface area contributed by atoms with Gasteiger partial charge in [0.15, 0.2) is 12.4 Å². The predicted octanol–water partition coefficient (Wildman–Crippen LogP) is 4.30. The molecule has 0 spiro atoms. The molecule has 2 aromatic rings. The molecule has 22 heavy (non-hydrogen) atoms. The van der Waals surface area contributed by atoms with Crippen LogP contribution in [0.1, 0.15) is 36.6 Å². The highest BCUT2D eigenvalue weighted by atomic mass is 35.5. The van der Waals surface area contributed by atoms with Crippen LogP contribution in [0.5, 0.6) is 0 Å². The number of halogens is 2. The van der Waals surface area contributed by atoms with Crippen LogP contribution in [0.15, 0.2) is 30.3 Å². The minimum Gasteiger partial charge on any atom is -0.453 e. The van der Waals surface area contributed by atoms with E-state index in [-0.39, 0.29) is 21.2 Å². The first-order valence-corrected chi connectivity index (χ1v) is 7.72. The zero-order valence-electron chi connectivity index (χ0n) is 11.4. The van der Waals surface area contributed by atoms with E-state index in [1.54, 1.807) is 6.07 Å². The van der Waals surface area contributed by atoms with Gasteiger partial charge in [0.05, 0.1) is 9.90 Å². The molecule has 0 fully saturated rings. The molecule has 0 bridgehead atoms. The molecule has 114 valence electrons. The summed E-state index contributed by atoms with van der Waals surface area (Å²) >= 11 is 12.7. The van der Waals surface area contributed by atoms with Crippen molar-refractivity contribution in [2.24, 2.45) is 0 Å². The molecule has 7 heteroatoms. The second kappa shape index (κ2) is 7.05. The van der Waals surface area contributed by atoms with Gasteiger partial charge < -0.3 is 4.74 Å². The van der Waals surface area contributed by atoms with Crippen LogP contribution in [0.4, 0.5) is 0 Å². The van der Waals surface area contributed by atoms with Gasteiger partial charge in [0.2, 0.25) is 5.78 Å². The first-order valence-electron chi connectivity index (χ1n) is 6.14. The van der Waals surface area contributed by atoms with Gasteiger partial charge in [-0.05, 0) is 37.3 Å². The molecule has 1 aromatic carbocycles. The smallest absolute Gasteiger partial charge is 0.348 e. The number of carbonyl (C=O) groups is 3. The molecular formula is C15H10Cl2O4S. The van der Waals surface area contributed by atoms with Crippen LogP contribution in [0, 0.1) is 0 Å². The molecule has 0 N–H and O–H groups in total. The summed E-state index contributed by atoms with van der Waals surface area (Å²) in [7, 11) is 0. The van der Waals surface area contributed by atoms with Crippen molar-refractivity contribution in [1.82, 2.24) is 0 Å². The molecule has 0 atom stereocenters. The summed E-state index contributed by atoms with van der Waals surface area (Å²) in [5, 5.41) is 0.609. The molecule has 0 saturated carbocycles. The average Bonchev–Trinajstić information content (AvgIpc) is 2.94. The van der Waals surface area contributed by atoms with Gasteiger partial charge in [-0.25, -0.2) is 4.79 Å². The Morgan fingerprint density at radius 1 is 1.09 bits per heavy atom. The predicted molar refractivity (Wildman–Crippen MR) is 85.4 cm³/mol. The minimum atomic E-state index is -0.657. The lowest BCUT2D eigenvalue weighted by atomic mass is 10.1. The van der Waals surface area contributed by atoms with E-state index in [1.807, 2.05) is 0 Å². The Hall–Kier alpha value is -1.69. The van der Waals surface area contributed by atoms with Crippen molar-refractivity contribution in [1.29, 1.82) is 0 Å². The van der Waals surface area contributed by atoms with Crippen molar-refractivity contribution in [3.63, 3.8) is 0 Å². The number of rotatable bonds is 5. The van der Waals surface area contributed by atoms with E-state index in [4.69, 9.17) is 27.9 Å². The Bertz CT molecular complexity index is 752. The van der Waals surface area contributed by atoms with Gasteiger partial charge in [-0.3, -0.25) is 9.59 Å². The summed E-state index contributed by atoms with van der Waals surface area (Å²) in [5.74, 6) is -1.22. The van der Waals surface area contributed by atoms with Crippen molar-refractivity contribution in [2.45, 2.75) is 6.92 Å². The fourth-order valence-electron chi connectivity index (χ4n) is 1.63. The van der Waals surface area contributed by atoms with Gasteiger partial charge in [0.1, 0.15) is 4.88 Å². The van der Waals surface area contributed by atoms with Crippen LogP contribution in [-0.4, -0.2) is 24.1 Å². The number of hydrogen-bond donors (Lipinski definition) is 0. The maximum absolute atomic E-state index is 12.0. The highest BCUT2D eigenvalue weighted by molar-refractivity contribution is 7.15. The molecule has 0 amide bonds. The second-order valence-corrected chi connectivity index (χ2v) is 6.27. The van der Waals surface area contributed by atoms with E-state index in [2.05, 4.69) is 0 Å². The van der Waals surface area contributed by atoms with E-state index in [0.717, 1.165) is 11.3 Å². The Balaban J connectivity index is 2.01. The van der Waals surface area contributed by atoms with E-state index in [9.17, 15) is 14.4 Å². The number of benzene rings is 1. The molecule has 0 radical (unpaired) electrons. The van der Waals surface area contributed by atoms with Gasteiger partial charge in [0, 0.05) is 10.6 Å². The molecule has 0 saturated heterocycles. The highest BCUT2D eigenvalue weighted by Gasteiger charge is 2.16. The van der Waals surface area contributed by atoms with Gasteiger partial charge in [-0.15, -0.1) is 11.3 Å². The summed E-state index contributed by atoms with van der Waals surface area (Å²) < 4.78 is 4.94. The Morgan fingerprint density at radius 3 is 2.36 bits per heavy atom. The van der Waals surface area contributed by atoms with Crippen LogP contribution in [0.2, 0.25) is 10.0 Å². The Labute approximate surface area is 140 Å². The topological polar surface area (TPSA) is 60.4 Å². The molecule has 4 nitrogen and oxygen atoms in total. The quantitative estimate of drug-likeness (QED) is 0.591. The van der Waals surface area contributed by atoms with Gasteiger partial charge in [-0.1, -0.05) is 23.2 Å².